The van der Waals surface area contributed by atoms with E-state index in [0.717, 1.165) is 35.2 Å². The molecule has 2 rings (SSSR count). The lowest BCUT2D eigenvalue weighted by Crippen LogP contribution is -2.39. The Bertz CT molecular complexity index is 451. The number of nitrogens with zero attached hydrogens (tertiary/aromatic N) is 1. The summed E-state index contributed by atoms with van der Waals surface area (Å²) >= 11 is 3.45. The van der Waals surface area contributed by atoms with Crippen molar-refractivity contribution in [3.8, 4) is 5.75 Å². The number of hydrogen-bond donors (Lipinski definition) is 1. The van der Waals surface area contributed by atoms with Crippen LogP contribution in [0.2, 0.25) is 0 Å². The second-order valence-corrected chi connectivity index (χ2v) is 5.40. The Kier molecular flexibility index (Phi) is 4.24. The maximum Gasteiger partial charge on any atom is 0.234 e. The van der Waals surface area contributed by atoms with E-state index in [1.807, 2.05) is 18.2 Å². The highest BCUT2D eigenvalue weighted by Crippen LogP contribution is 2.27. The van der Waals surface area contributed by atoms with Crippen LogP contribution in [0.5, 0.6) is 5.75 Å². The van der Waals surface area contributed by atoms with Crippen LogP contribution in [0.4, 0.5) is 0 Å². The summed E-state index contributed by atoms with van der Waals surface area (Å²) in [7, 11) is 1.66. The first-order valence-electron chi connectivity index (χ1n) is 5.97. The lowest BCUT2D eigenvalue weighted by atomic mass is 10.1. The van der Waals surface area contributed by atoms with Crippen LogP contribution < -0.4 is 10.5 Å². The number of amides is 1. The maximum absolute atomic E-state index is 11.4. The minimum atomic E-state index is -0.235. The van der Waals surface area contributed by atoms with E-state index in [2.05, 4.69) is 20.8 Å². The van der Waals surface area contributed by atoms with Gasteiger partial charge < -0.3 is 10.5 Å². The first-order chi connectivity index (χ1) is 8.61. The summed E-state index contributed by atoms with van der Waals surface area (Å²) in [5, 5.41) is 0. The summed E-state index contributed by atoms with van der Waals surface area (Å²) in [4.78, 5) is 13.5. The van der Waals surface area contributed by atoms with Gasteiger partial charge in [0.15, 0.2) is 0 Å². The number of nitrogens with two attached hydrogens (primary N) is 1. The third-order valence-corrected chi connectivity index (χ3v) is 3.80. The van der Waals surface area contributed by atoms with Gasteiger partial charge >= 0.3 is 0 Å². The Labute approximate surface area is 115 Å². The number of halogens is 1. The predicted octanol–water partition coefficient (Wildman–Crippen LogP) is 1.91. The molecular weight excluding hydrogens is 296 g/mol. The Morgan fingerprint density at radius 3 is 3.06 bits per heavy atom. The molecular formula is C13H17BrN2O2. The molecule has 0 spiro atoms. The Hall–Kier alpha value is -1.07. The van der Waals surface area contributed by atoms with E-state index in [0.29, 0.717) is 6.54 Å². The molecule has 1 aliphatic rings. The zero-order chi connectivity index (χ0) is 13.1. The highest BCUT2D eigenvalue weighted by molar-refractivity contribution is 9.10. The minimum Gasteiger partial charge on any atom is -0.496 e. The summed E-state index contributed by atoms with van der Waals surface area (Å²) in [6, 6.07) is 5.75. The quantitative estimate of drug-likeness (QED) is 0.924. The van der Waals surface area contributed by atoms with Crippen LogP contribution >= 0.6 is 15.9 Å². The third kappa shape index (κ3) is 2.84. The second kappa shape index (κ2) is 5.71. The Morgan fingerprint density at radius 1 is 1.61 bits per heavy atom. The zero-order valence-corrected chi connectivity index (χ0v) is 11.9. The van der Waals surface area contributed by atoms with Crippen LogP contribution in [0.3, 0.4) is 0 Å². The molecule has 98 valence electrons. The van der Waals surface area contributed by atoms with Gasteiger partial charge in [-0.05, 0) is 37.6 Å². The first-order valence-corrected chi connectivity index (χ1v) is 6.77. The number of hydrogen-bond acceptors (Lipinski definition) is 3. The first kappa shape index (κ1) is 13.4. The highest BCUT2D eigenvalue weighted by Gasteiger charge is 2.29. The summed E-state index contributed by atoms with van der Waals surface area (Å²) in [5.74, 6) is 0.606. The predicted molar refractivity (Wildman–Crippen MR) is 73.3 cm³/mol. The molecule has 0 aliphatic carbocycles. The number of rotatable bonds is 4. The van der Waals surface area contributed by atoms with E-state index in [1.165, 1.54) is 0 Å². The average molecular weight is 313 g/mol. The molecule has 1 fully saturated rings. The van der Waals surface area contributed by atoms with Gasteiger partial charge in [-0.3, -0.25) is 9.69 Å². The van der Waals surface area contributed by atoms with Crippen molar-refractivity contribution >= 4 is 21.8 Å². The fourth-order valence-electron chi connectivity index (χ4n) is 2.43. The van der Waals surface area contributed by atoms with Gasteiger partial charge in [0.2, 0.25) is 5.91 Å². The summed E-state index contributed by atoms with van der Waals surface area (Å²) < 4.78 is 6.35. The number of likely N-dealkylation sites (tertiary alicyclic amines) is 1. The number of primary amides is 1. The molecule has 1 aromatic rings. The van der Waals surface area contributed by atoms with Crippen LogP contribution in [-0.4, -0.2) is 30.5 Å². The largest absolute Gasteiger partial charge is 0.496 e. The van der Waals surface area contributed by atoms with Crippen LogP contribution in [-0.2, 0) is 11.3 Å². The highest BCUT2D eigenvalue weighted by atomic mass is 79.9. The summed E-state index contributed by atoms with van der Waals surface area (Å²) in [5.41, 5.74) is 6.49. The van der Waals surface area contributed by atoms with Crippen molar-refractivity contribution in [2.45, 2.75) is 25.4 Å². The van der Waals surface area contributed by atoms with Gasteiger partial charge in [0, 0.05) is 16.6 Å². The third-order valence-electron chi connectivity index (χ3n) is 3.31. The van der Waals surface area contributed by atoms with E-state index >= 15 is 0 Å². The summed E-state index contributed by atoms with van der Waals surface area (Å²) in [6.45, 7) is 1.60. The normalized spacial score (nSPS) is 20.0. The molecule has 5 heteroatoms. The van der Waals surface area contributed by atoms with E-state index in [-0.39, 0.29) is 11.9 Å². The van der Waals surface area contributed by atoms with Crippen LogP contribution in [0, 0.1) is 0 Å². The molecule has 1 heterocycles. The van der Waals surface area contributed by atoms with Gasteiger partial charge in [-0.2, -0.15) is 0 Å². The number of ether oxygens (including phenoxy) is 1. The number of methoxy groups -OCH3 is 1. The van der Waals surface area contributed by atoms with E-state index in [4.69, 9.17) is 10.5 Å². The maximum atomic E-state index is 11.4. The average Bonchev–Trinajstić information content (AvgIpc) is 2.77. The van der Waals surface area contributed by atoms with E-state index in [1.54, 1.807) is 7.11 Å². The van der Waals surface area contributed by atoms with Crippen molar-refractivity contribution in [1.82, 2.24) is 4.90 Å². The van der Waals surface area contributed by atoms with E-state index in [9.17, 15) is 4.79 Å². The van der Waals surface area contributed by atoms with Crippen molar-refractivity contribution < 1.29 is 9.53 Å². The second-order valence-electron chi connectivity index (χ2n) is 4.49. The van der Waals surface area contributed by atoms with Crippen molar-refractivity contribution in [2.75, 3.05) is 13.7 Å². The van der Waals surface area contributed by atoms with Crippen LogP contribution in [0.25, 0.3) is 0 Å². The van der Waals surface area contributed by atoms with Gasteiger partial charge in [-0.25, -0.2) is 0 Å². The molecule has 0 bridgehead atoms. The smallest absolute Gasteiger partial charge is 0.234 e. The molecule has 4 nitrogen and oxygen atoms in total. The minimum absolute atomic E-state index is 0.145. The van der Waals surface area contributed by atoms with E-state index < -0.39 is 0 Å². The fraction of sp³-hybridized carbons (Fsp3) is 0.462. The van der Waals surface area contributed by atoms with Gasteiger partial charge in [-0.1, -0.05) is 15.9 Å². The summed E-state index contributed by atoms with van der Waals surface area (Å²) in [6.07, 6.45) is 1.87. The molecule has 1 atom stereocenters. The lowest BCUT2D eigenvalue weighted by molar-refractivity contribution is -0.122. The van der Waals surface area contributed by atoms with Crippen molar-refractivity contribution in [3.05, 3.63) is 28.2 Å². The van der Waals surface area contributed by atoms with Gasteiger partial charge in [0.05, 0.1) is 13.2 Å². The van der Waals surface area contributed by atoms with Crippen molar-refractivity contribution in [2.24, 2.45) is 5.73 Å². The Balaban J connectivity index is 2.18. The number of benzene rings is 1. The SMILES string of the molecule is COc1ccc(Br)cc1CN1CCCC1C(N)=O. The van der Waals surface area contributed by atoms with Crippen LogP contribution in [0.1, 0.15) is 18.4 Å². The molecule has 1 unspecified atom stereocenters. The number of carbonyl (C=O) groups is 1. The van der Waals surface area contributed by atoms with Crippen molar-refractivity contribution in [3.63, 3.8) is 0 Å². The van der Waals surface area contributed by atoms with Gasteiger partial charge in [0.25, 0.3) is 0 Å². The van der Waals surface area contributed by atoms with Gasteiger partial charge in [0.1, 0.15) is 5.75 Å². The van der Waals surface area contributed by atoms with Crippen molar-refractivity contribution in [1.29, 1.82) is 0 Å². The van der Waals surface area contributed by atoms with Crippen LogP contribution in [0.15, 0.2) is 22.7 Å². The molecule has 1 aliphatic heterocycles. The molecule has 0 saturated carbocycles. The lowest BCUT2D eigenvalue weighted by Gasteiger charge is -2.22. The van der Waals surface area contributed by atoms with Gasteiger partial charge in [-0.15, -0.1) is 0 Å². The standard InChI is InChI=1S/C13H17BrN2O2/c1-18-12-5-4-10(14)7-9(12)8-16-6-2-3-11(16)13(15)17/h4-5,7,11H,2-3,6,8H2,1H3,(H2,15,17). The molecule has 18 heavy (non-hydrogen) atoms. The molecule has 0 radical (unpaired) electrons. The monoisotopic (exact) mass is 312 g/mol. The number of carbonyl (C=O) groups excluding carboxylic acids is 1. The molecule has 1 amide bonds. The fourth-order valence-corrected chi connectivity index (χ4v) is 2.84. The zero-order valence-electron chi connectivity index (χ0n) is 10.4. The molecule has 1 aromatic carbocycles. The molecule has 0 aromatic heterocycles. The molecule has 1 saturated heterocycles. The topological polar surface area (TPSA) is 55.6 Å². The Morgan fingerprint density at radius 2 is 2.39 bits per heavy atom. The molecule has 2 N–H and O–H groups in total.